The van der Waals surface area contributed by atoms with Crippen LogP contribution >= 0.6 is 0 Å². The lowest BCUT2D eigenvalue weighted by Gasteiger charge is -2.24. The number of nitrogens with zero attached hydrogens (tertiary/aromatic N) is 2. The first-order chi connectivity index (χ1) is 13.7. The van der Waals surface area contributed by atoms with Crippen LogP contribution in [0.2, 0.25) is 0 Å². The molecule has 1 aromatic carbocycles. The second-order valence-electron chi connectivity index (χ2n) is 7.32. The van der Waals surface area contributed by atoms with Crippen LogP contribution < -0.4 is 0 Å². The van der Waals surface area contributed by atoms with Crippen molar-refractivity contribution >= 4 is 21.9 Å². The van der Waals surface area contributed by atoms with E-state index in [0.29, 0.717) is 43.3 Å². The summed E-state index contributed by atoms with van der Waals surface area (Å²) in [5, 5.41) is 0. The van der Waals surface area contributed by atoms with Gasteiger partial charge in [0.2, 0.25) is 10.0 Å². The molecule has 1 aliphatic rings. The number of esters is 1. The zero-order valence-corrected chi connectivity index (χ0v) is 18.6. The van der Waals surface area contributed by atoms with E-state index >= 15 is 0 Å². The van der Waals surface area contributed by atoms with Crippen LogP contribution in [0.25, 0.3) is 0 Å². The van der Waals surface area contributed by atoms with E-state index in [0.717, 1.165) is 12.8 Å². The van der Waals surface area contributed by atoms with Crippen LogP contribution in [0.3, 0.4) is 0 Å². The van der Waals surface area contributed by atoms with Crippen molar-refractivity contribution in [2.75, 3.05) is 32.8 Å². The highest BCUT2D eigenvalue weighted by molar-refractivity contribution is 7.89. The maximum Gasteiger partial charge on any atom is 0.307 e. The van der Waals surface area contributed by atoms with E-state index < -0.39 is 10.0 Å². The van der Waals surface area contributed by atoms with Crippen molar-refractivity contribution in [1.82, 2.24) is 9.21 Å². The Bertz CT molecular complexity index is 829. The predicted molar refractivity (Wildman–Crippen MR) is 111 cm³/mol. The fraction of sp³-hybridized carbons (Fsp3) is 0.619. The van der Waals surface area contributed by atoms with Crippen LogP contribution in [0.4, 0.5) is 0 Å². The van der Waals surface area contributed by atoms with Gasteiger partial charge in [-0.15, -0.1) is 0 Å². The molecule has 2 rings (SSSR count). The van der Waals surface area contributed by atoms with Crippen molar-refractivity contribution in [3.8, 4) is 0 Å². The monoisotopic (exact) mass is 424 g/mol. The van der Waals surface area contributed by atoms with Gasteiger partial charge in [-0.1, -0.05) is 19.9 Å². The molecule has 0 aromatic heterocycles. The van der Waals surface area contributed by atoms with Gasteiger partial charge in [-0.3, -0.25) is 9.59 Å². The van der Waals surface area contributed by atoms with Crippen molar-refractivity contribution in [2.24, 2.45) is 5.92 Å². The first-order valence-electron chi connectivity index (χ1n) is 10.3. The molecule has 29 heavy (non-hydrogen) atoms. The van der Waals surface area contributed by atoms with Crippen LogP contribution in [0.5, 0.6) is 0 Å². The van der Waals surface area contributed by atoms with Crippen molar-refractivity contribution < 1.29 is 22.7 Å². The van der Waals surface area contributed by atoms with E-state index in [-0.39, 0.29) is 29.7 Å². The van der Waals surface area contributed by atoms with Gasteiger partial charge in [0.15, 0.2) is 0 Å². The molecular formula is C21H32N2O5S. The standard InChI is InChI=1S/C21H32N2O5S/c1-5-23(6-2)29(26,27)18-11-8-16(4)19(14-18)21(25)22(15-17-9-10-17)13-12-20(24)28-7-3/h8,11,14,17H,5-7,9-10,12-13,15H2,1-4H3. The molecule has 7 nitrogen and oxygen atoms in total. The molecule has 0 saturated heterocycles. The van der Waals surface area contributed by atoms with E-state index in [4.69, 9.17) is 4.74 Å². The smallest absolute Gasteiger partial charge is 0.307 e. The number of aryl methyl sites for hydroxylation is 1. The summed E-state index contributed by atoms with van der Waals surface area (Å²) in [5.41, 5.74) is 1.08. The van der Waals surface area contributed by atoms with Gasteiger partial charge in [-0.05, 0) is 50.3 Å². The van der Waals surface area contributed by atoms with Gasteiger partial charge in [0.1, 0.15) is 0 Å². The number of benzene rings is 1. The summed E-state index contributed by atoms with van der Waals surface area (Å²) in [5.74, 6) is -0.130. The summed E-state index contributed by atoms with van der Waals surface area (Å²) >= 11 is 0. The quantitative estimate of drug-likeness (QED) is 0.510. The highest BCUT2D eigenvalue weighted by Crippen LogP contribution is 2.30. The lowest BCUT2D eigenvalue weighted by Crippen LogP contribution is -2.36. The van der Waals surface area contributed by atoms with Crippen LogP contribution in [0, 0.1) is 12.8 Å². The summed E-state index contributed by atoms with van der Waals surface area (Å²) in [6, 6.07) is 4.68. The molecule has 1 saturated carbocycles. The number of sulfonamides is 1. The average Bonchev–Trinajstić information content (AvgIpc) is 3.50. The van der Waals surface area contributed by atoms with E-state index in [1.54, 1.807) is 44.7 Å². The molecule has 0 bridgehead atoms. The SMILES string of the molecule is CCOC(=O)CCN(CC1CC1)C(=O)c1cc(S(=O)(=O)N(CC)CC)ccc1C. The van der Waals surface area contributed by atoms with Gasteiger partial charge in [-0.25, -0.2) is 8.42 Å². The van der Waals surface area contributed by atoms with Crippen molar-refractivity contribution in [3.63, 3.8) is 0 Å². The highest BCUT2D eigenvalue weighted by atomic mass is 32.2. The molecule has 0 aliphatic heterocycles. The van der Waals surface area contributed by atoms with Crippen LogP contribution in [-0.2, 0) is 19.6 Å². The van der Waals surface area contributed by atoms with E-state index in [2.05, 4.69) is 0 Å². The fourth-order valence-corrected chi connectivity index (χ4v) is 4.71. The molecule has 0 heterocycles. The third kappa shape index (κ3) is 6.02. The number of carbonyl (C=O) groups is 2. The Balaban J connectivity index is 2.29. The third-order valence-corrected chi connectivity index (χ3v) is 7.18. The third-order valence-electron chi connectivity index (χ3n) is 5.14. The highest BCUT2D eigenvalue weighted by Gasteiger charge is 2.29. The molecule has 1 aliphatic carbocycles. The minimum absolute atomic E-state index is 0.118. The van der Waals surface area contributed by atoms with Crippen LogP contribution in [0.1, 0.15) is 56.0 Å². The molecule has 0 unspecified atom stereocenters. The summed E-state index contributed by atoms with van der Waals surface area (Å²) in [4.78, 5) is 26.8. The summed E-state index contributed by atoms with van der Waals surface area (Å²) in [6.45, 7) is 8.98. The lowest BCUT2D eigenvalue weighted by atomic mass is 10.1. The van der Waals surface area contributed by atoms with Crippen LogP contribution in [0.15, 0.2) is 23.1 Å². The van der Waals surface area contributed by atoms with Gasteiger partial charge in [0, 0.05) is 31.7 Å². The molecule has 1 fully saturated rings. The first-order valence-corrected chi connectivity index (χ1v) is 11.7. The summed E-state index contributed by atoms with van der Waals surface area (Å²) < 4.78 is 32.1. The molecule has 1 amide bonds. The van der Waals surface area contributed by atoms with Gasteiger partial charge < -0.3 is 9.64 Å². The van der Waals surface area contributed by atoms with E-state index in [1.165, 1.54) is 10.4 Å². The Labute approximate surface area is 174 Å². The van der Waals surface area contributed by atoms with Gasteiger partial charge in [0.05, 0.1) is 17.9 Å². The summed E-state index contributed by atoms with van der Waals surface area (Å²) in [7, 11) is -3.65. The Hall–Kier alpha value is -1.93. The Morgan fingerprint density at radius 1 is 1.14 bits per heavy atom. The summed E-state index contributed by atoms with van der Waals surface area (Å²) in [6.07, 6.45) is 2.26. The number of hydrogen-bond donors (Lipinski definition) is 0. The van der Waals surface area contributed by atoms with Gasteiger partial charge >= 0.3 is 5.97 Å². The Morgan fingerprint density at radius 3 is 2.34 bits per heavy atom. The van der Waals surface area contributed by atoms with Gasteiger partial charge in [-0.2, -0.15) is 4.31 Å². The maximum atomic E-state index is 13.3. The minimum atomic E-state index is -3.65. The second kappa shape index (κ2) is 10.2. The van der Waals surface area contributed by atoms with E-state index in [9.17, 15) is 18.0 Å². The largest absolute Gasteiger partial charge is 0.466 e. The number of rotatable bonds is 11. The zero-order valence-electron chi connectivity index (χ0n) is 17.8. The Morgan fingerprint density at radius 2 is 1.79 bits per heavy atom. The fourth-order valence-electron chi connectivity index (χ4n) is 3.22. The zero-order chi connectivity index (χ0) is 21.6. The second-order valence-corrected chi connectivity index (χ2v) is 9.25. The normalized spacial score (nSPS) is 14.1. The van der Waals surface area contributed by atoms with E-state index in [1.807, 2.05) is 0 Å². The van der Waals surface area contributed by atoms with Crippen molar-refractivity contribution in [1.29, 1.82) is 0 Å². The lowest BCUT2D eigenvalue weighted by molar-refractivity contribution is -0.143. The molecular weight excluding hydrogens is 392 g/mol. The number of carbonyl (C=O) groups excluding carboxylic acids is 2. The topological polar surface area (TPSA) is 84.0 Å². The molecule has 0 atom stereocenters. The number of hydrogen-bond acceptors (Lipinski definition) is 5. The van der Waals surface area contributed by atoms with Crippen molar-refractivity contribution in [3.05, 3.63) is 29.3 Å². The van der Waals surface area contributed by atoms with Gasteiger partial charge in [0.25, 0.3) is 5.91 Å². The molecule has 8 heteroatoms. The molecule has 0 radical (unpaired) electrons. The van der Waals surface area contributed by atoms with Crippen molar-refractivity contribution in [2.45, 2.75) is 51.9 Å². The Kier molecular flexibility index (Phi) is 8.22. The molecule has 162 valence electrons. The molecule has 1 aromatic rings. The number of amides is 1. The number of ether oxygens (including phenoxy) is 1. The predicted octanol–water partition coefficient (Wildman–Crippen LogP) is 2.83. The average molecular weight is 425 g/mol. The molecule has 0 spiro atoms. The maximum absolute atomic E-state index is 13.3. The van der Waals surface area contributed by atoms with Crippen LogP contribution in [-0.4, -0.2) is 62.3 Å². The minimum Gasteiger partial charge on any atom is -0.466 e. The molecule has 0 N–H and O–H groups in total. The first kappa shape index (κ1) is 23.3.